The molecule has 0 rings (SSSR count). The molecule has 0 saturated carbocycles. The lowest BCUT2D eigenvalue weighted by Crippen LogP contribution is -2.28. The van der Waals surface area contributed by atoms with Crippen molar-refractivity contribution in [2.45, 2.75) is 206 Å². The first-order valence-electron chi connectivity index (χ1n) is 22.1. The predicted octanol–water partition coefficient (Wildman–Crippen LogP) is 13.8. The van der Waals surface area contributed by atoms with Crippen molar-refractivity contribution in [1.82, 2.24) is 5.32 Å². The van der Waals surface area contributed by atoms with Crippen molar-refractivity contribution in [3.63, 3.8) is 0 Å². The fourth-order valence-corrected chi connectivity index (χ4v) is 6.16. The third-order valence-corrected chi connectivity index (χ3v) is 9.39. The van der Waals surface area contributed by atoms with Gasteiger partial charge in [-0.3, -0.25) is 14.4 Å². The van der Waals surface area contributed by atoms with E-state index in [1.807, 2.05) is 0 Å². The number of amides is 1. The van der Waals surface area contributed by atoms with Crippen LogP contribution in [0.4, 0.5) is 0 Å². The Bertz CT molecular complexity index is 1050. The number of allylic oxidation sites excluding steroid dienone is 12. The van der Waals surface area contributed by atoms with Crippen LogP contribution < -0.4 is 5.32 Å². The lowest BCUT2D eigenvalue weighted by Gasteiger charge is -2.18. The first-order valence-corrected chi connectivity index (χ1v) is 22.1. The van der Waals surface area contributed by atoms with Crippen molar-refractivity contribution >= 4 is 17.8 Å². The van der Waals surface area contributed by atoms with E-state index in [4.69, 9.17) is 9.84 Å². The van der Waals surface area contributed by atoms with Crippen molar-refractivity contribution in [2.75, 3.05) is 6.54 Å². The molecule has 54 heavy (non-hydrogen) atoms. The van der Waals surface area contributed by atoms with Gasteiger partial charge in [0, 0.05) is 12.8 Å². The second kappa shape index (κ2) is 42.6. The zero-order valence-electron chi connectivity index (χ0n) is 34.8. The number of carbonyl (C=O) groups is 3. The van der Waals surface area contributed by atoms with Crippen LogP contribution in [0.3, 0.4) is 0 Å². The molecule has 0 aromatic carbocycles. The normalized spacial score (nSPS) is 12.8. The first kappa shape index (κ1) is 50.9. The molecule has 2 N–H and O–H groups in total. The van der Waals surface area contributed by atoms with Crippen LogP contribution in [-0.4, -0.2) is 35.6 Å². The van der Waals surface area contributed by atoms with Gasteiger partial charge in [0.15, 0.2) is 0 Å². The van der Waals surface area contributed by atoms with Crippen molar-refractivity contribution in [1.29, 1.82) is 0 Å². The van der Waals surface area contributed by atoms with Gasteiger partial charge in [0.05, 0.1) is 0 Å². The molecule has 0 radical (unpaired) electrons. The lowest BCUT2D eigenvalue weighted by molar-refractivity contribution is -0.150. The molecule has 6 heteroatoms. The summed E-state index contributed by atoms with van der Waals surface area (Å²) in [5, 5.41) is 11.1. The van der Waals surface area contributed by atoms with Crippen LogP contribution in [0.5, 0.6) is 0 Å². The van der Waals surface area contributed by atoms with E-state index in [-0.39, 0.29) is 24.5 Å². The molecule has 1 unspecified atom stereocenters. The van der Waals surface area contributed by atoms with Gasteiger partial charge < -0.3 is 15.2 Å². The van der Waals surface area contributed by atoms with E-state index in [2.05, 4.69) is 92.1 Å². The smallest absolute Gasteiger partial charge is 0.322 e. The molecule has 0 aromatic rings. The maximum Gasteiger partial charge on any atom is 0.322 e. The quantitative estimate of drug-likeness (QED) is 0.0371. The van der Waals surface area contributed by atoms with Crippen LogP contribution >= 0.6 is 0 Å². The molecule has 0 aliphatic heterocycles. The van der Waals surface area contributed by atoms with Crippen molar-refractivity contribution in [3.05, 3.63) is 72.9 Å². The van der Waals surface area contributed by atoms with Gasteiger partial charge in [0.1, 0.15) is 12.6 Å². The summed E-state index contributed by atoms with van der Waals surface area (Å²) < 4.78 is 6.01. The van der Waals surface area contributed by atoms with Crippen molar-refractivity contribution < 1.29 is 24.2 Å². The third-order valence-electron chi connectivity index (χ3n) is 9.39. The summed E-state index contributed by atoms with van der Waals surface area (Å²) in [5.74, 6) is -1.28. The van der Waals surface area contributed by atoms with E-state index in [9.17, 15) is 14.4 Å². The van der Waals surface area contributed by atoms with Crippen LogP contribution in [-0.2, 0) is 19.1 Å². The molecular formula is C48H81NO5. The highest BCUT2D eigenvalue weighted by atomic mass is 16.5. The van der Waals surface area contributed by atoms with Crippen LogP contribution in [0.1, 0.15) is 200 Å². The van der Waals surface area contributed by atoms with Crippen LogP contribution in [0.15, 0.2) is 72.9 Å². The standard InChI is InChI=1S/C48H81NO5/c1-3-5-7-9-11-13-15-16-17-18-19-20-21-22-23-24-26-28-30-35-39-43-48(53)54-45(40-36-32-29-27-25-14-12-10-8-6-4-2)41-37-33-31-34-38-42-46(50)49-44-47(51)52/h5,7,11,13,16-17,19-20,22-23,26,28,45H,3-4,6,8-10,12,14-15,18,21,24-25,27,29-44H2,1-2H3,(H,49,50)(H,51,52)/b7-5-,13-11-,17-16-,20-19-,23-22-,28-26-. The molecule has 0 saturated heterocycles. The number of nitrogens with one attached hydrogen (secondary N) is 1. The summed E-state index contributed by atoms with van der Waals surface area (Å²) in [6.45, 7) is 4.10. The zero-order valence-corrected chi connectivity index (χ0v) is 34.8. The van der Waals surface area contributed by atoms with E-state index in [1.165, 1.54) is 64.2 Å². The molecule has 0 aliphatic carbocycles. The van der Waals surface area contributed by atoms with E-state index in [0.29, 0.717) is 12.8 Å². The zero-order chi connectivity index (χ0) is 39.4. The summed E-state index contributed by atoms with van der Waals surface area (Å²) in [5.41, 5.74) is 0. The van der Waals surface area contributed by atoms with E-state index in [0.717, 1.165) is 109 Å². The van der Waals surface area contributed by atoms with Gasteiger partial charge in [-0.15, -0.1) is 0 Å². The minimum Gasteiger partial charge on any atom is -0.480 e. The summed E-state index contributed by atoms with van der Waals surface area (Å²) in [6, 6.07) is 0. The number of ether oxygens (including phenoxy) is 1. The Morgan fingerprint density at radius 1 is 0.500 bits per heavy atom. The highest BCUT2D eigenvalue weighted by Gasteiger charge is 2.14. The first-order chi connectivity index (χ1) is 26.5. The summed E-state index contributed by atoms with van der Waals surface area (Å²) in [4.78, 5) is 35.0. The van der Waals surface area contributed by atoms with Crippen LogP contribution in [0.25, 0.3) is 0 Å². The SMILES string of the molecule is CC/C=C\C/C=C\C/C=C\C/C=C\C/C=C\C/C=C\CCCCC(=O)OC(CCCCCCCCCCCCC)CCCCCCCC(=O)NCC(=O)O. The number of rotatable bonds is 39. The van der Waals surface area contributed by atoms with Gasteiger partial charge in [0.2, 0.25) is 5.91 Å². The highest BCUT2D eigenvalue weighted by molar-refractivity contribution is 5.80. The highest BCUT2D eigenvalue weighted by Crippen LogP contribution is 2.19. The molecular weight excluding hydrogens is 671 g/mol. The van der Waals surface area contributed by atoms with Gasteiger partial charge in [0.25, 0.3) is 0 Å². The summed E-state index contributed by atoms with van der Waals surface area (Å²) in [7, 11) is 0. The Morgan fingerprint density at radius 2 is 0.907 bits per heavy atom. The lowest BCUT2D eigenvalue weighted by atomic mass is 10.0. The van der Waals surface area contributed by atoms with Gasteiger partial charge >= 0.3 is 11.9 Å². The van der Waals surface area contributed by atoms with Crippen molar-refractivity contribution in [2.24, 2.45) is 0 Å². The molecule has 0 aromatic heterocycles. The van der Waals surface area contributed by atoms with E-state index in [1.54, 1.807) is 0 Å². The monoisotopic (exact) mass is 752 g/mol. The second-order valence-corrected chi connectivity index (χ2v) is 14.6. The maximum atomic E-state index is 12.8. The molecule has 1 atom stereocenters. The maximum absolute atomic E-state index is 12.8. The van der Waals surface area contributed by atoms with Crippen LogP contribution in [0, 0.1) is 0 Å². The Morgan fingerprint density at radius 3 is 1.37 bits per heavy atom. The van der Waals surface area contributed by atoms with Gasteiger partial charge in [-0.05, 0) is 89.9 Å². The fourth-order valence-electron chi connectivity index (χ4n) is 6.16. The third kappa shape index (κ3) is 41.6. The second-order valence-electron chi connectivity index (χ2n) is 14.6. The number of esters is 1. The Balaban J connectivity index is 4.23. The van der Waals surface area contributed by atoms with E-state index >= 15 is 0 Å². The van der Waals surface area contributed by atoms with Crippen LogP contribution in [0.2, 0.25) is 0 Å². The van der Waals surface area contributed by atoms with Crippen molar-refractivity contribution in [3.8, 4) is 0 Å². The topological polar surface area (TPSA) is 92.7 Å². The average molecular weight is 752 g/mol. The number of hydrogen-bond acceptors (Lipinski definition) is 4. The molecule has 0 bridgehead atoms. The summed E-state index contributed by atoms with van der Waals surface area (Å²) in [6.07, 6.45) is 57.4. The largest absolute Gasteiger partial charge is 0.480 e. The average Bonchev–Trinajstić information content (AvgIpc) is 3.16. The Labute approximate surface area is 332 Å². The molecule has 1 amide bonds. The van der Waals surface area contributed by atoms with Gasteiger partial charge in [-0.1, -0.05) is 170 Å². The number of aliphatic carboxylic acids is 1. The number of carboxylic acid groups (broad SMARTS) is 1. The van der Waals surface area contributed by atoms with Gasteiger partial charge in [-0.25, -0.2) is 0 Å². The summed E-state index contributed by atoms with van der Waals surface area (Å²) >= 11 is 0. The molecule has 6 nitrogen and oxygen atoms in total. The molecule has 0 aliphatic rings. The Hall–Kier alpha value is -3.15. The Kier molecular flexibility index (Phi) is 40.1. The van der Waals surface area contributed by atoms with Gasteiger partial charge in [-0.2, -0.15) is 0 Å². The molecule has 308 valence electrons. The fraction of sp³-hybridized carbons (Fsp3) is 0.688. The molecule has 0 spiro atoms. The van der Waals surface area contributed by atoms with E-state index < -0.39 is 5.97 Å². The number of carbonyl (C=O) groups excluding carboxylic acids is 2. The minimum atomic E-state index is -1.02. The number of carboxylic acids is 1. The molecule has 0 heterocycles. The molecule has 0 fully saturated rings. The predicted molar refractivity (Wildman–Crippen MR) is 231 cm³/mol. The minimum absolute atomic E-state index is 0.00114. The number of hydrogen-bond donors (Lipinski definition) is 2. The number of unbranched alkanes of at least 4 members (excludes halogenated alkanes) is 16.